The van der Waals surface area contributed by atoms with Crippen LogP contribution < -0.4 is 0 Å². The normalized spacial score (nSPS) is 11.2. The molecule has 0 unspecified atom stereocenters. The third kappa shape index (κ3) is 2.73. The van der Waals surface area contributed by atoms with E-state index >= 15 is 0 Å². The Bertz CT molecular complexity index is 1280. The minimum absolute atomic E-state index is 0.0233. The SMILES string of the molecule is Oc1c(-c2ccccc2)c(-c2ccccc2)nn1-c1nc2cc(Cl)ccc2[nH]1. The lowest BCUT2D eigenvalue weighted by Crippen LogP contribution is -1.98. The minimum Gasteiger partial charge on any atom is -0.493 e. The summed E-state index contributed by atoms with van der Waals surface area (Å²) in [5, 5.41) is 16.4. The summed E-state index contributed by atoms with van der Waals surface area (Å²) in [6, 6.07) is 24.9. The maximum Gasteiger partial charge on any atom is 0.232 e. The number of fused-ring (bicyclic) bond motifs is 1. The van der Waals surface area contributed by atoms with E-state index in [1.54, 1.807) is 12.1 Å². The van der Waals surface area contributed by atoms with Gasteiger partial charge >= 0.3 is 0 Å². The van der Waals surface area contributed by atoms with Crippen LogP contribution in [0.1, 0.15) is 0 Å². The second-order valence-electron chi connectivity index (χ2n) is 6.41. The van der Waals surface area contributed by atoms with E-state index in [1.165, 1.54) is 4.68 Å². The second-order valence-corrected chi connectivity index (χ2v) is 6.85. The van der Waals surface area contributed by atoms with E-state index < -0.39 is 0 Å². The number of halogens is 1. The highest BCUT2D eigenvalue weighted by atomic mass is 35.5. The highest BCUT2D eigenvalue weighted by Gasteiger charge is 2.22. The molecule has 3 aromatic carbocycles. The first kappa shape index (κ1) is 16.6. The number of hydrogen-bond acceptors (Lipinski definition) is 3. The van der Waals surface area contributed by atoms with Gasteiger partial charge in [-0.3, -0.25) is 0 Å². The van der Waals surface area contributed by atoms with E-state index in [0.29, 0.717) is 27.7 Å². The maximum atomic E-state index is 11.1. The van der Waals surface area contributed by atoms with Gasteiger partial charge in [0.25, 0.3) is 0 Å². The summed E-state index contributed by atoms with van der Waals surface area (Å²) in [5.74, 6) is 0.448. The monoisotopic (exact) mass is 386 g/mol. The van der Waals surface area contributed by atoms with Gasteiger partial charge in [0, 0.05) is 10.6 Å². The van der Waals surface area contributed by atoms with Crippen molar-refractivity contribution in [1.82, 2.24) is 19.7 Å². The number of imidazole rings is 1. The van der Waals surface area contributed by atoms with E-state index in [0.717, 1.165) is 16.6 Å². The van der Waals surface area contributed by atoms with E-state index in [2.05, 4.69) is 15.1 Å². The van der Waals surface area contributed by atoms with Crippen LogP contribution in [-0.2, 0) is 0 Å². The van der Waals surface area contributed by atoms with Crippen molar-refractivity contribution >= 4 is 22.6 Å². The second kappa shape index (κ2) is 6.55. The average Bonchev–Trinajstić information content (AvgIpc) is 3.29. The van der Waals surface area contributed by atoms with Crippen LogP contribution in [0.5, 0.6) is 5.88 Å². The van der Waals surface area contributed by atoms with Gasteiger partial charge < -0.3 is 10.1 Å². The molecule has 0 bridgehead atoms. The molecule has 28 heavy (non-hydrogen) atoms. The Morgan fingerprint density at radius 2 is 1.54 bits per heavy atom. The van der Waals surface area contributed by atoms with Crippen molar-refractivity contribution in [2.24, 2.45) is 0 Å². The molecular formula is C22H15ClN4O. The molecule has 2 N–H and O–H groups in total. The molecule has 0 atom stereocenters. The fourth-order valence-electron chi connectivity index (χ4n) is 3.29. The molecule has 0 radical (unpaired) electrons. The molecule has 2 heterocycles. The summed E-state index contributed by atoms with van der Waals surface area (Å²) in [5.41, 5.74) is 4.66. The summed E-state index contributed by atoms with van der Waals surface area (Å²) in [6.07, 6.45) is 0. The highest BCUT2D eigenvalue weighted by molar-refractivity contribution is 6.31. The van der Waals surface area contributed by atoms with Crippen molar-refractivity contribution in [2.45, 2.75) is 0 Å². The van der Waals surface area contributed by atoms with Gasteiger partial charge in [-0.25, -0.2) is 4.98 Å². The van der Waals surface area contributed by atoms with Gasteiger partial charge in [0.05, 0.1) is 16.6 Å². The number of benzene rings is 3. The number of aromatic hydroxyl groups is 1. The molecule has 136 valence electrons. The Morgan fingerprint density at radius 3 is 2.25 bits per heavy atom. The quantitative estimate of drug-likeness (QED) is 0.433. The predicted octanol–water partition coefficient (Wildman–Crippen LogP) is 5.44. The molecule has 5 aromatic rings. The Morgan fingerprint density at radius 1 is 0.857 bits per heavy atom. The summed E-state index contributed by atoms with van der Waals surface area (Å²) in [4.78, 5) is 7.74. The zero-order chi connectivity index (χ0) is 19.1. The predicted molar refractivity (Wildman–Crippen MR) is 111 cm³/mol. The first-order chi connectivity index (χ1) is 13.7. The van der Waals surface area contributed by atoms with Gasteiger partial charge in [0.2, 0.25) is 11.8 Å². The summed E-state index contributed by atoms with van der Waals surface area (Å²) in [7, 11) is 0. The lowest BCUT2D eigenvalue weighted by molar-refractivity contribution is 0.432. The third-order valence-corrected chi connectivity index (χ3v) is 4.84. The van der Waals surface area contributed by atoms with E-state index in [4.69, 9.17) is 11.6 Å². The average molecular weight is 387 g/mol. The molecule has 5 nitrogen and oxygen atoms in total. The number of aromatic amines is 1. The van der Waals surface area contributed by atoms with Crippen LogP contribution in [-0.4, -0.2) is 24.9 Å². The topological polar surface area (TPSA) is 66.7 Å². The molecule has 0 spiro atoms. The van der Waals surface area contributed by atoms with Crippen LogP contribution in [0.3, 0.4) is 0 Å². The van der Waals surface area contributed by atoms with E-state index in [1.807, 2.05) is 66.7 Å². The van der Waals surface area contributed by atoms with Crippen LogP contribution in [0.15, 0.2) is 78.9 Å². The Labute approximate surface area is 165 Å². The van der Waals surface area contributed by atoms with Crippen molar-refractivity contribution in [2.75, 3.05) is 0 Å². The van der Waals surface area contributed by atoms with Crippen LogP contribution in [0.2, 0.25) is 5.02 Å². The first-order valence-corrected chi connectivity index (χ1v) is 9.17. The van der Waals surface area contributed by atoms with Crippen LogP contribution in [0.4, 0.5) is 0 Å². The smallest absolute Gasteiger partial charge is 0.232 e. The fourth-order valence-corrected chi connectivity index (χ4v) is 3.46. The molecule has 0 aliphatic carbocycles. The van der Waals surface area contributed by atoms with Gasteiger partial charge in [-0.1, -0.05) is 72.3 Å². The number of rotatable bonds is 3. The van der Waals surface area contributed by atoms with E-state index in [9.17, 15) is 5.11 Å². The van der Waals surface area contributed by atoms with Gasteiger partial charge in [-0.15, -0.1) is 0 Å². The first-order valence-electron chi connectivity index (χ1n) is 8.79. The molecule has 6 heteroatoms. The molecule has 5 rings (SSSR count). The Kier molecular flexibility index (Phi) is 3.88. The highest BCUT2D eigenvalue weighted by Crippen LogP contribution is 2.39. The standard InChI is InChI=1S/C22H15ClN4O/c23-16-11-12-17-18(13-16)25-22(24-17)27-21(28)19(14-7-3-1-4-8-14)20(26-27)15-9-5-2-6-10-15/h1-13,28H,(H,24,25). The van der Waals surface area contributed by atoms with Crippen LogP contribution >= 0.6 is 11.6 Å². The third-order valence-electron chi connectivity index (χ3n) is 4.60. The summed E-state index contributed by atoms with van der Waals surface area (Å²) in [6.45, 7) is 0. The number of aromatic nitrogens is 4. The molecule has 0 amide bonds. The Hall–Kier alpha value is -3.57. The lowest BCUT2D eigenvalue weighted by atomic mass is 10.0. The van der Waals surface area contributed by atoms with Crippen molar-refractivity contribution in [3.63, 3.8) is 0 Å². The lowest BCUT2D eigenvalue weighted by Gasteiger charge is -2.03. The summed E-state index contributed by atoms with van der Waals surface area (Å²) < 4.78 is 1.43. The van der Waals surface area contributed by atoms with Gasteiger partial charge in [-0.2, -0.15) is 9.78 Å². The van der Waals surface area contributed by atoms with Crippen molar-refractivity contribution in [1.29, 1.82) is 0 Å². The maximum absolute atomic E-state index is 11.1. The largest absolute Gasteiger partial charge is 0.493 e. The van der Waals surface area contributed by atoms with E-state index in [-0.39, 0.29) is 5.88 Å². The minimum atomic E-state index is 0.0233. The summed E-state index contributed by atoms with van der Waals surface area (Å²) >= 11 is 6.07. The molecule has 0 fully saturated rings. The number of H-pyrrole nitrogens is 1. The van der Waals surface area contributed by atoms with Crippen molar-refractivity contribution in [3.8, 4) is 34.2 Å². The molecule has 0 saturated carbocycles. The Balaban J connectivity index is 1.76. The zero-order valence-corrected chi connectivity index (χ0v) is 15.4. The zero-order valence-electron chi connectivity index (χ0n) is 14.7. The van der Waals surface area contributed by atoms with Gasteiger partial charge in [0.15, 0.2) is 0 Å². The van der Waals surface area contributed by atoms with Crippen LogP contribution in [0.25, 0.3) is 39.4 Å². The van der Waals surface area contributed by atoms with Crippen molar-refractivity contribution in [3.05, 3.63) is 83.9 Å². The molecule has 0 aliphatic heterocycles. The van der Waals surface area contributed by atoms with Gasteiger partial charge in [0.1, 0.15) is 5.69 Å². The number of hydrogen-bond donors (Lipinski definition) is 2. The van der Waals surface area contributed by atoms with Crippen LogP contribution in [0, 0.1) is 0 Å². The molecule has 0 aliphatic rings. The van der Waals surface area contributed by atoms with Crippen molar-refractivity contribution < 1.29 is 5.11 Å². The number of nitrogens with zero attached hydrogens (tertiary/aromatic N) is 3. The fraction of sp³-hybridized carbons (Fsp3) is 0. The number of nitrogens with one attached hydrogen (secondary N) is 1. The molecule has 0 saturated heterocycles. The van der Waals surface area contributed by atoms with Gasteiger partial charge in [-0.05, 0) is 23.8 Å². The molecular weight excluding hydrogens is 372 g/mol. The molecule has 2 aromatic heterocycles.